The maximum absolute atomic E-state index is 9.91. The molecule has 0 saturated carbocycles. The van der Waals surface area contributed by atoms with Gasteiger partial charge in [0.2, 0.25) is 0 Å². The van der Waals surface area contributed by atoms with Gasteiger partial charge < -0.3 is 20.1 Å². The average Bonchev–Trinajstić information content (AvgIpc) is 2.98. The fraction of sp³-hybridized carbons (Fsp3) is 1.00. The molecule has 0 bridgehead atoms. The van der Waals surface area contributed by atoms with Crippen LogP contribution in [0.15, 0.2) is 0 Å². The molecule has 0 amide bonds. The van der Waals surface area contributed by atoms with Gasteiger partial charge in [-0.15, -0.1) is 0 Å². The second-order valence-electron chi connectivity index (χ2n) is 8.82. The molecule has 1 fully saturated rings. The first-order valence-electron chi connectivity index (χ1n) is 12.3. The molecule has 4 nitrogen and oxygen atoms in total. The minimum absolute atomic E-state index is 0.228. The van der Waals surface area contributed by atoms with Crippen molar-refractivity contribution in [2.24, 2.45) is 0 Å². The second-order valence-corrected chi connectivity index (χ2v) is 8.82. The molecule has 0 radical (unpaired) electrons. The molecule has 0 unspecified atom stereocenters. The second kappa shape index (κ2) is 17.7. The predicted molar refractivity (Wildman–Crippen MR) is 117 cm³/mol. The Morgan fingerprint density at radius 3 is 1.25 bits per heavy atom. The van der Waals surface area contributed by atoms with E-state index in [4.69, 9.17) is 9.84 Å². The van der Waals surface area contributed by atoms with E-state index < -0.39 is 18.3 Å². The van der Waals surface area contributed by atoms with Gasteiger partial charge in [-0.25, -0.2) is 0 Å². The van der Waals surface area contributed by atoms with Gasteiger partial charge >= 0.3 is 0 Å². The summed E-state index contributed by atoms with van der Waals surface area (Å²) < 4.78 is 5.51. The Kier molecular flexibility index (Phi) is 16.3. The van der Waals surface area contributed by atoms with Gasteiger partial charge in [0.25, 0.3) is 0 Å². The van der Waals surface area contributed by atoms with Crippen LogP contribution in [0.25, 0.3) is 0 Å². The number of aliphatic hydroxyl groups excluding tert-OH is 3. The van der Waals surface area contributed by atoms with E-state index in [1.54, 1.807) is 0 Å². The zero-order valence-electron chi connectivity index (χ0n) is 18.5. The SMILES string of the molecule is CCCCCCCCCCCCCCCCCCC[C@@H]1O[C@@H](CO)[C@@H](O)[C@@H]1O. The van der Waals surface area contributed by atoms with Gasteiger partial charge in [-0.05, 0) is 6.42 Å². The molecule has 4 heteroatoms. The van der Waals surface area contributed by atoms with E-state index in [9.17, 15) is 10.2 Å². The molecule has 1 heterocycles. The number of hydrogen-bond acceptors (Lipinski definition) is 4. The summed E-state index contributed by atoms with van der Waals surface area (Å²) in [5.41, 5.74) is 0. The molecule has 0 spiro atoms. The van der Waals surface area contributed by atoms with Gasteiger partial charge in [0.15, 0.2) is 0 Å². The first-order chi connectivity index (χ1) is 13.7. The zero-order chi connectivity index (χ0) is 20.5. The Hall–Kier alpha value is -0.160. The lowest BCUT2D eigenvalue weighted by atomic mass is 10.0. The third-order valence-electron chi connectivity index (χ3n) is 6.23. The minimum Gasteiger partial charge on any atom is -0.394 e. The maximum Gasteiger partial charge on any atom is 0.111 e. The third-order valence-corrected chi connectivity index (χ3v) is 6.23. The fourth-order valence-electron chi connectivity index (χ4n) is 4.29. The summed E-state index contributed by atoms with van der Waals surface area (Å²) in [6.07, 6.45) is 21.0. The smallest absolute Gasteiger partial charge is 0.111 e. The van der Waals surface area contributed by atoms with Gasteiger partial charge in [-0.3, -0.25) is 0 Å². The Morgan fingerprint density at radius 2 is 0.893 bits per heavy atom. The average molecular weight is 401 g/mol. The third kappa shape index (κ3) is 11.7. The summed E-state index contributed by atoms with van der Waals surface area (Å²) in [5, 5.41) is 28.7. The number of hydrogen-bond donors (Lipinski definition) is 3. The van der Waals surface area contributed by atoms with Crippen molar-refractivity contribution in [3.05, 3.63) is 0 Å². The van der Waals surface area contributed by atoms with Crippen molar-refractivity contribution in [1.82, 2.24) is 0 Å². The van der Waals surface area contributed by atoms with Crippen LogP contribution >= 0.6 is 0 Å². The van der Waals surface area contributed by atoms with Crippen LogP contribution in [0.1, 0.15) is 122 Å². The number of aliphatic hydroxyl groups is 3. The monoisotopic (exact) mass is 400 g/mol. The van der Waals surface area contributed by atoms with Crippen molar-refractivity contribution < 1.29 is 20.1 Å². The number of rotatable bonds is 19. The van der Waals surface area contributed by atoms with Gasteiger partial charge in [0.1, 0.15) is 18.3 Å². The molecule has 4 atom stereocenters. The Morgan fingerprint density at radius 1 is 0.536 bits per heavy atom. The molecule has 1 rings (SSSR count). The van der Waals surface area contributed by atoms with E-state index >= 15 is 0 Å². The van der Waals surface area contributed by atoms with E-state index in [0.29, 0.717) is 0 Å². The standard InChI is InChI=1S/C24H48O4/c1-2-3-4-5-6-7-8-9-10-11-12-13-14-15-16-17-18-19-21-23(26)24(27)22(20-25)28-21/h21-27H,2-20H2,1H3/t21-,22-,23+,24+/m0/s1. The first kappa shape index (κ1) is 25.9. The van der Waals surface area contributed by atoms with Crippen LogP contribution in [0, 0.1) is 0 Å². The van der Waals surface area contributed by atoms with Crippen molar-refractivity contribution in [2.75, 3.05) is 6.61 Å². The van der Waals surface area contributed by atoms with Crippen LogP contribution in [-0.2, 0) is 4.74 Å². The van der Waals surface area contributed by atoms with Gasteiger partial charge in [0.05, 0.1) is 12.7 Å². The summed E-state index contributed by atoms with van der Waals surface area (Å²) in [6.45, 7) is 2.05. The van der Waals surface area contributed by atoms with E-state index in [1.807, 2.05) is 0 Å². The zero-order valence-corrected chi connectivity index (χ0v) is 18.5. The molecular formula is C24H48O4. The Bertz CT molecular complexity index is 337. The Labute approximate surface area is 174 Å². The summed E-state index contributed by atoms with van der Waals surface area (Å²) in [6, 6.07) is 0. The van der Waals surface area contributed by atoms with Crippen molar-refractivity contribution >= 4 is 0 Å². The van der Waals surface area contributed by atoms with Gasteiger partial charge in [0, 0.05) is 0 Å². The predicted octanol–water partition coefficient (Wildman–Crippen LogP) is 5.51. The van der Waals surface area contributed by atoms with Crippen LogP contribution in [0.2, 0.25) is 0 Å². The van der Waals surface area contributed by atoms with Crippen molar-refractivity contribution in [3.63, 3.8) is 0 Å². The van der Waals surface area contributed by atoms with E-state index in [2.05, 4.69) is 6.92 Å². The topological polar surface area (TPSA) is 69.9 Å². The van der Waals surface area contributed by atoms with Crippen LogP contribution in [0.5, 0.6) is 0 Å². The molecule has 1 aliphatic rings. The summed E-state index contributed by atoms with van der Waals surface area (Å²) in [5.74, 6) is 0. The summed E-state index contributed by atoms with van der Waals surface area (Å²) >= 11 is 0. The van der Waals surface area contributed by atoms with Crippen LogP contribution in [-0.4, -0.2) is 46.3 Å². The lowest BCUT2D eigenvalue weighted by Crippen LogP contribution is -2.33. The van der Waals surface area contributed by atoms with Crippen molar-refractivity contribution in [2.45, 2.75) is 147 Å². The maximum atomic E-state index is 9.91. The van der Waals surface area contributed by atoms with Crippen LogP contribution in [0.4, 0.5) is 0 Å². The summed E-state index contributed by atoms with van der Waals surface area (Å²) in [4.78, 5) is 0. The Balaban J connectivity index is 1.77. The van der Waals surface area contributed by atoms with Gasteiger partial charge in [-0.2, -0.15) is 0 Å². The number of ether oxygens (including phenoxy) is 1. The molecule has 0 aromatic carbocycles. The van der Waals surface area contributed by atoms with E-state index in [-0.39, 0.29) is 12.7 Å². The highest BCUT2D eigenvalue weighted by atomic mass is 16.6. The quantitative estimate of drug-likeness (QED) is 0.250. The molecule has 28 heavy (non-hydrogen) atoms. The lowest BCUT2D eigenvalue weighted by molar-refractivity contribution is -0.0246. The summed E-state index contributed by atoms with van der Waals surface area (Å²) in [7, 11) is 0. The molecule has 3 N–H and O–H groups in total. The van der Waals surface area contributed by atoms with Crippen molar-refractivity contribution in [1.29, 1.82) is 0 Å². The normalized spacial score (nSPS) is 24.9. The van der Waals surface area contributed by atoms with E-state index in [0.717, 1.165) is 19.3 Å². The molecular weight excluding hydrogens is 352 g/mol. The fourth-order valence-corrected chi connectivity index (χ4v) is 4.29. The van der Waals surface area contributed by atoms with Crippen LogP contribution in [0.3, 0.4) is 0 Å². The first-order valence-corrected chi connectivity index (χ1v) is 12.3. The molecule has 0 aromatic heterocycles. The highest BCUT2D eigenvalue weighted by Crippen LogP contribution is 2.25. The molecule has 0 aliphatic carbocycles. The molecule has 0 aromatic rings. The van der Waals surface area contributed by atoms with Gasteiger partial charge in [-0.1, -0.05) is 116 Å². The minimum atomic E-state index is -0.944. The highest BCUT2D eigenvalue weighted by Gasteiger charge is 2.41. The lowest BCUT2D eigenvalue weighted by Gasteiger charge is -2.14. The van der Waals surface area contributed by atoms with E-state index in [1.165, 1.54) is 96.3 Å². The largest absolute Gasteiger partial charge is 0.394 e. The highest BCUT2D eigenvalue weighted by molar-refractivity contribution is 4.90. The van der Waals surface area contributed by atoms with Crippen molar-refractivity contribution in [3.8, 4) is 0 Å². The molecule has 1 aliphatic heterocycles. The number of unbranched alkanes of at least 4 members (excludes halogenated alkanes) is 16. The molecule has 168 valence electrons. The molecule has 1 saturated heterocycles. The van der Waals surface area contributed by atoms with Crippen LogP contribution < -0.4 is 0 Å².